The van der Waals surface area contributed by atoms with Crippen LogP contribution >= 0.6 is 0 Å². The number of carbonyl (C=O) groups excluding carboxylic acids is 1. The summed E-state index contributed by atoms with van der Waals surface area (Å²) >= 11 is 0. The van der Waals surface area contributed by atoms with Gasteiger partial charge in [0.2, 0.25) is 0 Å². The van der Waals surface area contributed by atoms with Gasteiger partial charge in [0.1, 0.15) is 22.1 Å². The normalized spacial score (nSPS) is 10.9. The lowest BCUT2D eigenvalue weighted by Gasteiger charge is -2.11. The van der Waals surface area contributed by atoms with Crippen LogP contribution in [0.5, 0.6) is 23.0 Å². The Morgan fingerprint density at radius 1 is 0.862 bits per heavy atom. The van der Waals surface area contributed by atoms with E-state index in [-0.39, 0.29) is 16.2 Å². The maximum atomic E-state index is 12.5. The summed E-state index contributed by atoms with van der Waals surface area (Å²) in [7, 11) is -4.15. The highest BCUT2D eigenvalue weighted by atomic mass is 32.2. The highest BCUT2D eigenvalue weighted by molar-refractivity contribution is 7.87. The molecule has 2 N–H and O–H groups in total. The second-order valence-corrected chi connectivity index (χ2v) is 7.42. The first kappa shape index (κ1) is 20.2. The van der Waals surface area contributed by atoms with Gasteiger partial charge in [-0.3, -0.25) is 4.79 Å². The first-order valence-electron chi connectivity index (χ1n) is 8.73. The number of hydrogen-bond acceptors (Lipinski definition) is 6. The molecule has 0 saturated heterocycles. The second-order valence-electron chi connectivity index (χ2n) is 5.88. The lowest BCUT2D eigenvalue weighted by molar-refractivity contribution is 0.0999. The van der Waals surface area contributed by atoms with E-state index in [9.17, 15) is 13.2 Å². The molecule has 0 atom stereocenters. The highest BCUT2D eigenvalue weighted by Crippen LogP contribution is 2.27. The predicted molar refractivity (Wildman–Crippen MR) is 107 cm³/mol. The average molecular weight is 413 g/mol. The summed E-state index contributed by atoms with van der Waals surface area (Å²) < 4.78 is 41.2. The minimum Gasteiger partial charge on any atom is -0.494 e. The monoisotopic (exact) mass is 413 g/mol. The summed E-state index contributed by atoms with van der Waals surface area (Å²) in [5, 5.41) is 0. The number of nitrogens with two attached hydrogens (primary N) is 1. The third kappa shape index (κ3) is 5.05. The van der Waals surface area contributed by atoms with Crippen LogP contribution in [0.3, 0.4) is 0 Å². The van der Waals surface area contributed by atoms with Crippen molar-refractivity contribution in [2.75, 3.05) is 6.61 Å². The van der Waals surface area contributed by atoms with Crippen molar-refractivity contribution >= 4 is 16.0 Å². The van der Waals surface area contributed by atoms with Crippen LogP contribution in [0, 0.1) is 0 Å². The zero-order chi connectivity index (χ0) is 20.9. The zero-order valence-corrected chi connectivity index (χ0v) is 16.4. The van der Waals surface area contributed by atoms with Crippen molar-refractivity contribution < 1.29 is 26.9 Å². The molecule has 0 heterocycles. The summed E-state index contributed by atoms with van der Waals surface area (Å²) in [6, 6.07) is 18.6. The first-order valence-corrected chi connectivity index (χ1v) is 10.1. The third-order valence-corrected chi connectivity index (χ3v) is 5.08. The molecule has 0 aliphatic heterocycles. The van der Waals surface area contributed by atoms with E-state index in [1.165, 1.54) is 36.4 Å². The SMILES string of the molecule is CCOc1ccc(Oc2ccc(S(=O)(=O)Oc3ccccc3C(N)=O)cc2)cc1. The van der Waals surface area contributed by atoms with Gasteiger partial charge in [0, 0.05) is 0 Å². The molecule has 0 saturated carbocycles. The van der Waals surface area contributed by atoms with Crippen LogP contribution in [0.25, 0.3) is 0 Å². The van der Waals surface area contributed by atoms with Crippen molar-refractivity contribution in [2.45, 2.75) is 11.8 Å². The fourth-order valence-electron chi connectivity index (χ4n) is 2.49. The van der Waals surface area contributed by atoms with Crippen molar-refractivity contribution in [1.82, 2.24) is 0 Å². The number of amides is 1. The molecule has 3 aromatic rings. The number of ether oxygens (including phenoxy) is 2. The third-order valence-electron chi connectivity index (χ3n) is 3.83. The first-order chi connectivity index (χ1) is 13.9. The van der Waals surface area contributed by atoms with Gasteiger partial charge in [-0.25, -0.2) is 0 Å². The van der Waals surface area contributed by atoms with E-state index in [2.05, 4.69) is 0 Å². The predicted octanol–water partition coefficient (Wildman–Crippen LogP) is 3.74. The molecule has 0 bridgehead atoms. The molecule has 150 valence electrons. The minimum atomic E-state index is -4.15. The Kier molecular flexibility index (Phi) is 6.04. The number of rotatable bonds is 8. The zero-order valence-electron chi connectivity index (χ0n) is 15.6. The van der Waals surface area contributed by atoms with Crippen LogP contribution < -0.4 is 19.4 Å². The minimum absolute atomic E-state index is 0.0217. The van der Waals surface area contributed by atoms with Crippen LogP contribution in [0.4, 0.5) is 0 Å². The van der Waals surface area contributed by atoms with E-state index in [0.717, 1.165) is 5.75 Å². The van der Waals surface area contributed by atoms with E-state index in [4.69, 9.17) is 19.4 Å². The summed E-state index contributed by atoms with van der Waals surface area (Å²) in [5.41, 5.74) is 5.23. The van der Waals surface area contributed by atoms with E-state index in [1.807, 2.05) is 6.92 Å². The quantitative estimate of drug-likeness (QED) is 0.564. The Bertz CT molecular complexity index is 1090. The number of carbonyl (C=O) groups is 1. The van der Waals surface area contributed by atoms with Gasteiger partial charge < -0.3 is 19.4 Å². The molecule has 3 aromatic carbocycles. The molecule has 7 nitrogen and oxygen atoms in total. The largest absolute Gasteiger partial charge is 0.494 e. The molecule has 0 aliphatic carbocycles. The van der Waals surface area contributed by atoms with Crippen molar-refractivity contribution in [2.24, 2.45) is 5.73 Å². The Morgan fingerprint density at radius 2 is 1.41 bits per heavy atom. The summed E-state index contributed by atoms with van der Waals surface area (Å²) in [6.45, 7) is 2.47. The molecule has 0 unspecified atom stereocenters. The molecule has 8 heteroatoms. The van der Waals surface area contributed by atoms with E-state index < -0.39 is 16.0 Å². The molecule has 29 heavy (non-hydrogen) atoms. The van der Waals surface area contributed by atoms with Crippen LogP contribution in [0.1, 0.15) is 17.3 Å². The number of hydrogen-bond donors (Lipinski definition) is 1. The number of para-hydroxylation sites is 1. The summed E-state index contributed by atoms with van der Waals surface area (Å²) in [4.78, 5) is 11.4. The Balaban J connectivity index is 1.74. The molecule has 1 amide bonds. The Hall–Kier alpha value is -3.52. The molecule has 0 spiro atoms. The van der Waals surface area contributed by atoms with Crippen molar-refractivity contribution in [3.63, 3.8) is 0 Å². The molecular weight excluding hydrogens is 394 g/mol. The van der Waals surface area contributed by atoms with Gasteiger partial charge >= 0.3 is 10.1 Å². The Labute approximate surface area is 168 Å². The average Bonchev–Trinajstić information content (AvgIpc) is 2.70. The Morgan fingerprint density at radius 3 is 2.00 bits per heavy atom. The van der Waals surface area contributed by atoms with Gasteiger partial charge in [0.05, 0.1) is 12.2 Å². The molecule has 0 radical (unpaired) electrons. The van der Waals surface area contributed by atoms with E-state index in [0.29, 0.717) is 18.1 Å². The molecule has 3 rings (SSSR count). The van der Waals surface area contributed by atoms with Gasteiger partial charge in [0.15, 0.2) is 5.75 Å². The van der Waals surface area contributed by atoms with Crippen LogP contribution in [0.2, 0.25) is 0 Å². The fraction of sp³-hybridized carbons (Fsp3) is 0.0952. The molecule has 0 aromatic heterocycles. The molecular formula is C21H19NO6S. The van der Waals surface area contributed by atoms with Gasteiger partial charge in [-0.15, -0.1) is 0 Å². The summed E-state index contributed by atoms with van der Waals surface area (Å²) in [5.74, 6) is 0.848. The van der Waals surface area contributed by atoms with Crippen LogP contribution in [-0.2, 0) is 10.1 Å². The highest BCUT2D eigenvalue weighted by Gasteiger charge is 2.20. The van der Waals surface area contributed by atoms with Gasteiger partial charge in [0.25, 0.3) is 5.91 Å². The van der Waals surface area contributed by atoms with E-state index >= 15 is 0 Å². The standard InChI is InChI=1S/C21H19NO6S/c1-2-26-15-7-9-16(10-8-15)27-17-11-13-18(14-12-17)29(24,25)28-20-6-4-3-5-19(20)21(22)23/h3-14H,2H2,1H3,(H2,22,23). The maximum Gasteiger partial charge on any atom is 0.339 e. The van der Waals surface area contributed by atoms with Crippen molar-refractivity contribution in [1.29, 1.82) is 0 Å². The smallest absolute Gasteiger partial charge is 0.339 e. The number of benzene rings is 3. The molecule has 0 fully saturated rings. The van der Waals surface area contributed by atoms with E-state index in [1.54, 1.807) is 36.4 Å². The lowest BCUT2D eigenvalue weighted by Crippen LogP contribution is -2.16. The van der Waals surface area contributed by atoms with Gasteiger partial charge in [-0.05, 0) is 67.6 Å². The molecule has 0 aliphatic rings. The summed E-state index contributed by atoms with van der Waals surface area (Å²) in [6.07, 6.45) is 0. The topological polar surface area (TPSA) is 105 Å². The van der Waals surface area contributed by atoms with Crippen molar-refractivity contribution in [3.05, 3.63) is 78.4 Å². The second kappa shape index (κ2) is 8.66. The number of primary amides is 1. The van der Waals surface area contributed by atoms with Crippen LogP contribution in [-0.4, -0.2) is 20.9 Å². The van der Waals surface area contributed by atoms with Gasteiger partial charge in [-0.2, -0.15) is 8.42 Å². The lowest BCUT2D eigenvalue weighted by atomic mass is 10.2. The van der Waals surface area contributed by atoms with Crippen molar-refractivity contribution in [3.8, 4) is 23.0 Å². The van der Waals surface area contributed by atoms with Crippen LogP contribution in [0.15, 0.2) is 77.7 Å². The maximum absolute atomic E-state index is 12.5. The fourth-order valence-corrected chi connectivity index (χ4v) is 3.44. The van der Waals surface area contributed by atoms with Gasteiger partial charge in [-0.1, -0.05) is 12.1 Å².